The number of benzene rings is 1. The van der Waals surface area contributed by atoms with E-state index in [1.807, 2.05) is 6.92 Å². The molecule has 0 unspecified atom stereocenters. The molecule has 0 aliphatic heterocycles. The molecule has 0 spiro atoms. The second kappa shape index (κ2) is 7.59. The SMILES string of the molecule is C[C@H](C[S@](C)=O)NC(=O)NCCC1Cc2ccccc2C1. The molecule has 5 heteroatoms. The average molecular weight is 308 g/mol. The Kier molecular flexibility index (Phi) is 5.79. The number of nitrogens with one attached hydrogen (secondary N) is 2. The molecule has 0 saturated carbocycles. The van der Waals surface area contributed by atoms with Crippen LogP contribution in [0.3, 0.4) is 0 Å². The van der Waals surface area contributed by atoms with Gasteiger partial charge in [0.25, 0.3) is 0 Å². The van der Waals surface area contributed by atoms with Gasteiger partial charge in [-0.2, -0.15) is 0 Å². The van der Waals surface area contributed by atoms with Crippen molar-refractivity contribution in [2.75, 3.05) is 18.6 Å². The van der Waals surface area contributed by atoms with Gasteiger partial charge in [0.2, 0.25) is 0 Å². The Morgan fingerprint density at radius 3 is 2.52 bits per heavy atom. The van der Waals surface area contributed by atoms with E-state index in [0.717, 1.165) is 19.3 Å². The highest BCUT2D eigenvalue weighted by Gasteiger charge is 2.20. The van der Waals surface area contributed by atoms with E-state index < -0.39 is 10.8 Å². The van der Waals surface area contributed by atoms with Crippen molar-refractivity contribution in [3.63, 3.8) is 0 Å². The lowest BCUT2D eigenvalue weighted by Gasteiger charge is -2.14. The van der Waals surface area contributed by atoms with Crippen LogP contribution in [0.2, 0.25) is 0 Å². The topological polar surface area (TPSA) is 58.2 Å². The van der Waals surface area contributed by atoms with Crippen LogP contribution >= 0.6 is 0 Å². The standard InChI is InChI=1S/C16H24N2O2S/c1-12(11-21(2)20)18-16(19)17-8-7-13-9-14-5-3-4-6-15(14)10-13/h3-6,12-13H,7-11H2,1-2H3,(H2,17,18,19)/t12-,21+/m1/s1. The molecule has 21 heavy (non-hydrogen) atoms. The minimum absolute atomic E-state index is 0.0634. The molecule has 2 amide bonds. The van der Waals surface area contributed by atoms with E-state index in [-0.39, 0.29) is 12.1 Å². The van der Waals surface area contributed by atoms with Crippen LogP contribution in [0, 0.1) is 5.92 Å². The number of carbonyl (C=O) groups excluding carboxylic acids is 1. The third kappa shape index (κ3) is 5.16. The summed E-state index contributed by atoms with van der Waals surface area (Å²) < 4.78 is 11.1. The maximum Gasteiger partial charge on any atom is 0.315 e. The Bertz CT molecular complexity index is 494. The van der Waals surface area contributed by atoms with Crippen LogP contribution < -0.4 is 10.6 Å². The lowest BCUT2D eigenvalue weighted by atomic mass is 10.0. The van der Waals surface area contributed by atoms with Gasteiger partial charge >= 0.3 is 6.03 Å². The van der Waals surface area contributed by atoms with E-state index in [1.54, 1.807) is 6.26 Å². The zero-order chi connectivity index (χ0) is 15.2. The number of carbonyl (C=O) groups is 1. The largest absolute Gasteiger partial charge is 0.338 e. The number of urea groups is 1. The van der Waals surface area contributed by atoms with Crippen LogP contribution in [0.15, 0.2) is 24.3 Å². The lowest BCUT2D eigenvalue weighted by molar-refractivity contribution is 0.238. The molecule has 2 atom stereocenters. The van der Waals surface area contributed by atoms with Crippen LogP contribution in [-0.4, -0.2) is 34.8 Å². The molecule has 0 bridgehead atoms. The first-order valence-corrected chi connectivity index (χ1v) is 9.18. The van der Waals surface area contributed by atoms with Crippen LogP contribution in [0.4, 0.5) is 4.79 Å². The van der Waals surface area contributed by atoms with Crippen LogP contribution in [0.1, 0.15) is 24.5 Å². The van der Waals surface area contributed by atoms with Crippen molar-refractivity contribution in [2.45, 2.75) is 32.2 Å². The van der Waals surface area contributed by atoms with Gasteiger partial charge in [-0.3, -0.25) is 4.21 Å². The zero-order valence-electron chi connectivity index (χ0n) is 12.7. The molecular weight excluding hydrogens is 284 g/mol. The number of rotatable bonds is 6. The molecule has 0 saturated heterocycles. The summed E-state index contributed by atoms with van der Waals surface area (Å²) in [7, 11) is -0.885. The molecule has 0 radical (unpaired) electrons. The van der Waals surface area contributed by atoms with Crippen LogP contribution in [-0.2, 0) is 23.6 Å². The molecule has 0 aromatic heterocycles. The maximum atomic E-state index is 11.7. The van der Waals surface area contributed by atoms with Crippen molar-refractivity contribution in [2.24, 2.45) is 5.92 Å². The van der Waals surface area contributed by atoms with E-state index in [2.05, 4.69) is 34.9 Å². The molecule has 0 fully saturated rings. The third-order valence-electron chi connectivity index (χ3n) is 3.84. The molecule has 1 aromatic carbocycles. The Morgan fingerprint density at radius 1 is 1.33 bits per heavy atom. The van der Waals surface area contributed by atoms with E-state index >= 15 is 0 Å². The predicted molar refractivity (Wildman–Crippen MR) is 86.9 cm³/mol. The van der Waals surface area contributed by atoms with Crippen LogP contribution in [0.25, 0.3) is 0 Å². The lowest BCUT2D eigenvalue weighted by Crippen LogP contribution is -2.43. The van der Waals surface area contributed by atoms with E-state index in [1.165, 1.54) is 11.1 Å². The van der Waals surface area contributed by atoms with Gasteiger partial charge in [0.1, 0.15) is 0 Å². The fourth-order valence-corrected chi connectivity index (χ4v) is 3.70. The van der Waals surface area contributed by atoms with Gasteiger partial charge in [-0.15, -0.1) is 0 Å². The van der Waals surface area contributed by atoms with Crippen molar-refractivity contribution in [1.29, 1.82) is 0 Å². The highest BCUT2D eigenvalue weighted by atomic mass is 32.2. The van der Waals surface area contributed by atoms with Gasteiger partial charge in [0.05, 0.1) is 0 Å². The maximum absolute atomic E-state index is 11.7. The Morgan fingerprint density at radius 2 is 1.95 bits per heavy atom. The van der Waals surface area contributed by atoms with Gasteiger partial charge in [-0.05, 0) is 43.2 Å². The van der Waals surface area contributed by atoms with Crippen molar-refractivity contribution in [3.8, 4) is 0 Å². The molecule has 116 valence electrons. The van der Waals surface area contributed by atoms with Crippen molar-refractivity contribution in [3.05, 3.63) is 35.4 Å². The van der Waals surface area contributed by atoms with E-state index in [4.69, 9.17) is 0 Å². The molecule has 2 rings (SSSR count). The molecular formula is C16H24N2O2S. The minimum Gasteiger partial charge on any atom is -0.338 e. The summed E-state index contributed by atoms with van der Waals surface area (Å²) in [5.41, 5.74) is 2.90. The fraction of sp³-hybridized carbons (Fsp3) is 0.562. The summed E-state index contributed by atoms with van der Waals surface area (Å²) >= 11 is 0. The summed E-state index contributed by atoms with van der Waals surface area (Å²) in [6.45, 7) is 2.56. The van der Waals surface area contributed by atoms with Gasteiger partial charge in [0.15, 0.2) is 0 Å². The predicted octanol–water partition coefficient (Wildman–Crippen LogP) is 1.86. The number of hydrogen-bond donors (Lipinski definition) is 2. The second-order valence-corrected chi connectivity index (χ2v) is 7.35. The van der Waals surface area contributed by atoms with Gasteiger partial charge < -0.3 is 10.6 Å². The Hall–Kier alpha value is -1.36. The zero-order valence-corrected chi connectivity index (χ0v) is 13.5. The molecule has 0 heterocycles. The fourth-order valence-electron chi connectivity index (χ4n) is 2.91. The molecule has 1 aliphatic rings. The normalized spacial score (nSPS) is 17.0. The number of hydrogen-bond acceptors (Lipinski definition) is 2. The first kappa shape index (κ1) is 16.0. The number of fused-ring (bicyclic) bond motifs is 1. The monoisotopic (exact) mass is 308 g/mol. The van der Waals surface area contributed by atoms with Gasteiger partial charge in [-0.1, -0.05) is 24.3 Å². The smallest absolute Gasteiger partial charge is 0.315 e. The first-order chi connectivity index (χ1) is 10.0. The van der Waals surface area contributed by atoms with Crippen molar-refractivity contribution < 1.29 is 9.00 Å². The second-order valence-electron chi connectivity index (χ2n) is 5.87. The molecule has 1 aromatic rings. The Labute approximate surface area is 129 Å². The summed E-state index contributed by atoms with van der Waals surface area (Å²) in [6.07, 6.45) is 4.87. The minimum atomic E-state index is -0.885. The quantitative estimate of drug-likeness (QED) is 0.843. The van der Waals surface area contributed by atoms with Crippen LogP contribution in [0.5, 0.6) is 0 Å². The highest BCUT2D eigenvalue weighted by molar-refractivity contribution is 7.84. The summed E-state index contributed by atoms with van der Waals surface area (Å²) in [4.78, 5) is 11.7. The van der Waals surface area contributed by atoms with Crippen molar-refractivity contribution in [1.82, 2.24) is 10.6 Å². The van der Waals surface area contributed by atoms with Gasteiger partial charge in [0, 0.05) is 35.4 Å². The summed E-state index contributed by atoms with van der Waals surface area (Å²) in [6, 6.07) is 8.34. The van der Waals surface area contributed by atoms with E-state index in [0.29, 0.717) is 18.2 Å². The number of amides is 2. The molecule has 2 N–H and O–H groups in total. The highest BCUT2D eigenvalue weighted by Crippen LogP contribution is 2.28. The Balaban J connectivity index is 1.64. The van der Waals surface area contributed by atoms with E-state index in [9.17, 15) is 9.00 Å². The summed E-state index contributed by atoms with van der Waals surface area (Å²) in [5, 5.41) is 5.70. The first-order valence-electron chi connectivity index (χ1n) is 7.45. The van der Waals surface area contributed by atoms with Gasteiger partial charge in [-0.25, -0.2) is 4.79 Å². The van der Waals surface area contributed by atoms with Crippen molar-refractivity contribution >= 4 is 16.8 Å². The average Bonchev–Trinajstić information content (AvgIpc) is 2.79. The summed E-state index contributed by atoms with van der Waals surface area (Å²) in [5.74, 6) is 1.12. The third-order valence-corrected chi connectivity index (χ3v) is 4.81. The molecule has 4 nitrogen and oxygen atoms in total. The molecule has 1 aliphatic carbocycles.